The van der Waals surface area contributed by atoms with Gasteiger partial charge in [0.15, 0.2) is 5.78 Å². The maximum Gasteiger partial charge on any atom is 0.189 e. The lowest BCUT2D eigenvalue weighted by atomic mass is 10.1. The highest BCUT2D eigenvalue weighted by Gasteiger charge is 2.24. The number of allylic oxidation sites excluding steroid dienone is 3. The molecule has 70 valence electrons. The summed E-state index contributed by atoms with van der Waals surface area (Å²) >= 11 is 3.39. The first-order valence-corrected chi connectivity index (χ1v) is 5.12. The molecule has 14 heavy (non-hydrogen) atoms. The second kappa shape index (κ2) is 3.21. The van der Waals surface area contributed by atoms with Crippen molar-refractivity contribution in [3.8, 4) is 0 Å². The summed E-state index contributed by atoms with van der Waals surface area (Å²) in [4.78, 5) is 11.8. The molecule has 1 aliphatic carbocycles. The van der Waals surface area contributed by atoms with Crippen LogP contribution < -0.4 is 0 Å². The van der Waals surface area contributed by atoms with Gasteiger partial charge >= 0.3 is 0 Å². The Kier molecular flexibility index (Phi) is 2.16. The Bertz CT molecular complexity index is 469. The van der Waals surface area contributed by atoms with Crippen LogP contribution in [-0.2, 0) is 0 Å². The zero-order valence-electron chi connectivity index (χ0n) is 7.80. The van der Waals surface area contributed by atoms with Crippen molar-refractivity contribution in [1.29, 1.82) is 0 Å². The lowest BCUT2D eigenvalue weighted by Crippen LogP contribution is -1.94. The molecule has 2 heteroatoms. The van der Waals surface area contributed by atoms with Gasteiger partial charge in [0.2, 0.25) is 0 Å². The number of carbonyl (C=O) groups excluding carboxylic acids is 1. The molecule has 0 spiro atoms. The van der Waals surface area contributed by atoms with Crippen LogP contribution in [0.1, 0.15) is 22.8 Å². The second-order valence-electron chi connectivity index (χ2n) is 3.26. The van der Waals surface area contributed by atoms with E-state index in [2.05, 4.69) is 22.5 Å². The molecule has 0 N–H and O–H groups in total. The summed E-state index contributed by atoms with van der Waals surface area (Å²) in [5.74, 6) is 0.113. The summed E-state index contributed by atoms with van der Waals surface area (Å²) in [5, 5.41) is 0. The standard InChI is InChI=1S/C12H9BrO/c1-3-9-7(2)12(14)10-5-4-8(13)6-11(9)10/h3-6H,1H2,2H3. The van der Waals surface area contributed by atoms with Crippen LogP contribution >= 0.6 is 15.9 Å². The number of rotatable bonds is 1. The Labute approximate surface area is 91.3 Å². The van der Waals surface area contributed by atoms with Crippen molar-refractivity contribution in [2.45, 2.75) is 6.92 Å². The first kappa shape index (κ1) is 9.41. The average Bonchev–Trinajstić information content (AvgIpc) is 2.39. The predicted octanol–water partition coefficient (Wildman–Crippen LogP) is 3.60. The Morgan fingerprint density at radius 2 is 2.07 bits per heavy atom. The number of hydrogen-bond acceptors (Lipinski definition) is 1. The van der Waals surface area contributed by atoms with Gasteiger partial charge in [0.05, 0.1) is 0 Å². The SMILES string of the molecule is C=CC1=C(C)C(=O)c2ccc(Br)cc21. The van der Waals surface area contributed by atoms with Crippen LogP contribution in [-0.4, -0.2) is 5.78 Å². The topological polar surface area (TPSA) is 17.1 Å². The van der Waals surface area contributed by atoms with E-state index in [0.717, 1.165) is 26.7 Å². The predicted molar refractivity (Wildman–Crippen MR) is 61.3 cm³/mol. The minimum atomic E-state index is 0.113. The van der Waals surface area contributed by atoms with Crippen LogP contribution in [0.15, 0.2) is 40.9 Å². The molecular weight excluding hydrogens is 240 g/mol. The molecule has 0 aliphatic heterocycles. The largest absolute Gasteiger partial charge is 0.289 e. The van der Waals surface area contributed by atoms with E-state index in [1.807, 2.05) is 25.1 Å². The molecule has 0 saturated heterocycles. The van der Waals surface area contributed by atoms with Crippen molar-refractivity contribution in [2.75, 3.05) is 0 Å². The third-order valence-electron chi connectivity index (χ3n) is 2.47. The van der Waals surface area contributed by atoms with Crippen LogP contribution in [0.2, 0.25) is 0 Å². The fourth-order valence-electron chi connectivity index (χ4n) is 1.73. The summed E-state index contributed by atoms with van der Waals surface area (Å²) in [6, 6.07) is 5.69. The third kappa shape index (κ3) is 1.18. The molecule has 0 atom stereocenters. The van der Waals surface area contributed by atoms with E-state index in [-0.39, 0.29) is 5.78 Å². The van der Waals surface area contributed by atoms with Crippen LogP contribution in [0.25, 0.3) is 5.57 Å². The van der Waals surface area contributed by atoms with Gasteiger partial charge in [0, 0.05) is 15.6 Å². The highest BCUT2D eigenvalue weighted by atomic mass is 79.9. The highest BCUT2D eigenvalue weighted by molar-refractivity contribution is 9.10. The van der Waals surface area contributed by atoms with Crippen LogP contribution in [0.4, 0.5) is 0 Å². The van der Waals surface area contributed by atoms with Crippen LogP contribution in [0, 0.1) is 0 Å². The number of carbonyl (C=O) groups is 1. The summed E-state index contributed by atoms with van der Waals surface area (Å²) in [7, 11) is 0. The fourth-order valence-corrected chi connectivity index (χ4v) is 2.09. The lowest BCUT2D eigenvalue weighted by molar-refractivity contribution is 0.103. The van der Waals surface area contributed by atoms with E-state index in [9.17, 15) is 4.79 Å². The molecule has 1 aromatic rings. The number of benzene rings is 1. The Morgan fingerprint density at radius 1 is 1.36 bits per heavy atom. The van der Waals surface area contributed by atoms with Crippen molar-refractivity contribution >= 4 is 27.3 Å². The summed E-state index contributed by atoms with van der Waals surface area (Å²) in [6.07, 6.45) is 1.74. The van der Waals surface area contributed by atoms with E-state index < -0.39 is 0 Å². The number of ketones is 1. The molecule has 2 rings (SSSR count). The van der Waals surface area contributed by atoms with Gasteiger partial charge in [-0.3, -0.25) is 4.79 Å². The fraction of sp³-hybridized carbons (Fsp3) is 0.0833. The van der Waals surface area contributed by atoms with Gasteiger partial charge in [0.1, 0.15) is 0 Å². The lowest BCUT2D eigenvalue weighted by Gasteiger charge is -2.00. The van der Waals surface area contributed by atoms with Gasteiger partial charge in [0.25, 0.3) is 0 Å². The van der Waals surface area contributed by atoms with Gasteiger partial charge in [-0.2, -0.15) is 0 Å². The number of fused-ring (bicyclic) bond motifs is 1. The summed E-state index contributed by atoms with van der Waals surface area (Å²) < 4.78 is 0.984. The maximum atomic E-state index is 11.8. The first-order chi connectivity index (χ1) is 6.65. The molecule has 0 fully saturated rings. The minimum absolute atomic E-state index is 0.113. The molecule has 0 unspecified atom stereocenters. The van der Waals surface area contributed by atoms with Gasteiger partial charge in [-0.15, -0.1) is 0 Å². The molecule has 1 aromatic carbocycles. The highest BCUT2D eigenvalue weighted by Crippen LogP contribution is 2.34. The molecule has 0 aromatic heterocycles. The van der Waals surface area contributed by atoms with Crippen molar-refractivity contribution in [1.82, 2.24) is 0 Å². The van der Waals surface area contributed by atoms with E-state index in [4.69, 9.17) is 0 Å². The normalized spacial score (nSPS) is 14.6. The smallest absolute Gasteiger partial charge is 0.189 e. The Morgan fingerprint density at radius 3 is 2.71 bits per heavy atom. The molecule has 0 radical (unpaired) electrons. The first-order valence-electron chi connectivity index (χ1n) is 4.33. The zero-order chi connectivity index (χ0) is 10.3. The minimum Gasteiger partial charge on any atom is -0.289 e. The van der Waals surface area contributed by atoms with Gasteiger partial charge in [-0.25, -0.2) is 0 Å². The summed E-state index contributed by atoms with van der Waals surface area (Å²) in [5.41, 5.74) is 3.50. The van der Waals surface area contributed by atoms with Gasteiger partial charge < -0.3 is 0 Å². The molecule has 1 nitrogen and oxygen atoms in total. The van der Waals surface area contributed by atoms with E-state index >= 15 is 0 Å². The molecule has 0 heterocycles. The van der Waals surface area contributed by atoms with Gasteiger partial charge in [-0.05, 0) is 36.3 Å². The molecule has 0 saturated carbocycles. The number of Topliss-reactive ketones (excluding diaryl/α,β-unsaturated/α-hetero) is 1. The zero-order valence-corrected chi connectivity index (χ0v) is 9.39. The van der Waals surface area contributed by atoms with E-state index in [0.29, 0.717) is 0 Å². The monoisotopic (exact) mass is 248 g/mol. The van der Waals surface area contributed by atoms with E-state index in [1.165, 1.54) is 0 Å². The second-order valence-corrected chi connectivity index (χ2v) is 4.18. The van der Waals surface area contributed by atoms with Crippen LogP contribution in [0.5, 0.6) is 0 Å². The molecule has 0 amide bonds. The third-order valence-corrected chi connectivity index (χ3v) is 2.96. The Balaban J connectivity index is 2.74. The van der Waals surface area contributed by atoms with Gasteiger partial charge in [-0.1, -0.05) is 28.6 Å². The maximum absolute atomic E-state index is 11.8. The van der Waals surface area contributed by atoms with Crippen LogP contribution in [0.3, 0.4) is 0 Å². The Hall–Kier alpha value is -1.15. The number of halogens is 1. The quantitative estimate of drug-likeness (QED) is 0.743. The molecular formula is C12H9BrO. The number of hydrogen-bond donors (Lipinski definition) is 0. The van der Waals surface area contributed by atoms with Crippen molar-refractivity contribution in [3.05, 3.63) is 52.0 Å². The van der Waals surface area contributed by atoms with E-state index in [1.54, 1.807) is 6.08 Å². The summed E-state index contributed by atoms with van der Waals surface area (Å²) in [6.45, 7) is 5.57. The molecule has 0 bridgehead atoms. The molecule has 1 aliphatic rings. The van der Waals surface area contributed by atoms with Crippen molar-refractivity contribution in [2.24, 2.45) is 0 Å². The van der Waals surface area contributed by atoms with Crippen molar-refractivity contribution in [3.63, 3.8) is 0 Å². The van der Waals surface area contributed by atoms with Crippen molar-refractivity contribution < 1.29 is 4.79 Å². The average molecular weight is 249 g/mol.